The van der Waals surface area contributed by atoms with Gasteiger partial charge in [-0.05, 0) is 36.6 Å². The normalized spacial score (nSPS) is 13.0. The van der Waals surface area contributed by atoms with Crippen molar-refractivity contribution in [3.63, 3.8) is 0 Å². The molecule has 0 aromatic heterocycles. The van der Waals surface area contributed by atoms with Crippen molar-refractivity contribution in [2.45, 2.75) is 89.6 Å². The molecule has 2 aromatic carbocycles. The molecule has 0 aliphatic rings. The van der Waals surface area contributed by atoms with E-state index in [0.29, 0.717) is 12.8 Å². The number of ether oxygens (including phenoxy) is 1. The van der Waals surface area contributed by atoms with Crippen LogP contribution in [0.1, 0.15) is 75.8 Å². The number of hydrogen-bond acceptors (Lipinski definition) is 5. The highest BCUT2D eigenvalue weighted by Gasteiger charge is 2.25. The molecule has 5 heteroatoms. The van der Waals surface area contributed by atoms with Crippen LogP contribution in [0, 0.1) is 0 Å². The van der Waals surface area contributed by atoms with Crippen molar-refractivity contribution in [3.05, 3.63) is 71.8 Å². The molecule has 0 aliphatic heterocycles. The van der Waals surface area contributed by atoms with Crippen LogP contribution < -0.4 is 5.73 Å². The molecule has 0 saturated heterocycles. The standard InChI is InChI=1S/C29H40N2O3/c1-2-3-4-5-6-7-8-9-16-21-31-27(23-25-19-14-11-15-20-25)29(33)34-28(32)26(30)22-24-17-12-10-13-18-24/h10-15,17-21,26-27H,2-9,16,22-23,30H2,1H3/t26-,27-/m0/s1. The first-order valence-electron chi connectivity index (χ1n) is 12.7. The summed E-state index contributed by atoms with van der Waals surface area (Å²) in [6.07, 6.45) is 13.3. The lowest BCUT2D eigenvalue weighted by molar-refractivity contribution is -0.161. The summed E-state index contributed by atoms with van der Waals surface area (Å²) in [7, 11) is 0. The molecule has 2 N–H and O–H groups in total. The third-order valence-electron chi connectivity index (χ3n) is 5.82. The van der Waals surface area contributed by atoms with Gasteiger partial charge in [0.2, 0.25) is 0 Å². The van der Waals surface area contributed by atoms with Crippen LogP contribution in [0.25, 0.3) is 0 Å². The Bertz CT molecular complexity index is 852. The molecule has 0 bridgehead atoms. The molecule has 2 rings (SSSR count). The molecule has 0 fully saturated rings. The summed E-state index contributed by atoms with van der Waals surface area (Å²) in [5.74, 6) is -1.37. The van der Waals surface area contributed by atoms with Crippen LogP contribution in [-0.2, 0) is 27.2 Å². The second kappa shape index (κ2) is 16.8. The van der Waals surface area contributed by atoms with Crippen molar-refractivity contribution in [1.29, 1.82) is 0 Å². The lowest BCUT2D eigenvalue weighted by Gasteiger charge is -2.14. The van der Waals surface area contributed by atoms with Crippen LogP contribution in [-0.4, -0.2) is 30.2 Å². The minimum Gasteiger partial charge on any atom is -0.390 e. The molecule has 34 heavy (non-hydrogen) atoms. The Morgan fingerprint density at radius 3 is 1.91 bits per heavy atom. The van der Waals surface area contributed by atoms with Crippen molar-refractivity contribution in [3.8, 4) is 0 Å². The molecule has 184 valence electrons. The van der Waals surface area contributed by atoms with E-state index in [1.807, 2.05) is 60.7 Å². The first kappa shape index (κ1) is 27.5. The quantitative estimate of drug-likeness (QED) is 0.146. The summed E-state index contributed by atoms with van der Waals surface area (Å²) in [5.41, 5.74) is 7.88. The molecular weight excluding hydrogens is 424 g/mol. The summed E-state index contributed by atoms with van der Waals surface area (Å²) >= 11 is 0. The third-order valence-corrected chi connectivity index (χ3v) is 5.82. The molecule has 0 radical (unpaired) electrons. The molecule has 0 aliphatic carbocycles. The van der Waals surface area contributed by atoms with E-state index in [4.69, 9.17) is 10.5 Å². The van der Waals surface area contributed by atoms with Crippen LogP contribution >= 0.6 is 0 Å². The van der Waals surface area contributed by atoms with Crippen LogP contribution in [0.5, 0.6) is 0 Å². The summed E-state index contributed by atoms with van der Waals surface area (Å²) in [5, 5.41) is 0. The van der Waals surface area contributed by atoms with E-state index in [-0.39, 0.29) is 0 Å². The average molecular weight is 465 g/mol. The summed E-state index contributed by atoms with van der Waals surface area (Å²) < 4.78 is 5.14. The first-order valence-corrected chi connectivity index (χ1v) is 12.7. The zero-order valence-corrected chi connectivity index (χ0v) is 20.5. The molecule has 2 atom stereocenters. The SMILES string of the molecule is CCCCCCCCCCC=N[C@@H](Cc1ccccc1)C(=O)OC(=O)[C@@H](N)Cc1ccccc1. The minimum atomic E-state index is -0.898. The van der Waals surface area contributed by atoms with Crippen molar-refractivity contribution >= 4 is 18.2 Å². The number of carbonyl (C=O) groups excluding carboxylic acids is 2. The summed E-state index contributed by atoms with van der Waals surface area (Å²) in [6, 6.07) is 17.4. The Balaban J connectivity index is 1.84. The van der Waals surface area contributed by atoms with Gasteiger partial charge in [0.15, 0.2) is 6.04 Å². The van der Waals surface area contributed by atoms with E-state index in [1.54, 1.807) is 6.21 Å². The number of benzene rings is 2. The van der Waals surface area contributed by atoms with Crippen molar-refractivity contribution < 1.29 is 14.3 Å². The number of hydrogen-bond donors (Lipinski definition) is 1. The first-order chi connectivity index (χ1) is 16.6. The van der Waals surface area contributed by atoms with E-state index in [2.05, 4.69) is 11.9 Å². The maximum Gasteiger partial charge on any atom is 0.338 e. The fourth-order valence-corrected chi connectivity index (χ4v) is 3.80. The Kier molecular flexibility index (Phi) is 13.5. The van der Waals surface area contributed by atoms with Crippen LogP contribution in [0.2, 0.25) is 0 Å². The van der Waals surface area contributed by atoms with Crippen molar-refractivity contribution in [1.82, 2.24) is 0 Å². The number of nitrogens with zero attached hydrogens (tertiary/aromatic N) is 1. The van der Waals surface area contributed by atoms with Gasteiger partial charge in [0.05, 0.1) is 0 Å². The van der Waals surface area contributed by atoms with Gasteiger partial charge in [-0.2, -0.15) is 0 Å². The monoisotopic (exact) mass is 464 g/mol. The van der Waals surface area contributed by atoms with Gasteiger partial charge in [0.25, 0.3) is 0 Å². The Morgan fingerprint density at radius 2 is 1.32 bits per heavy atom. The highest BCUT2D eigenvalue weighted by molar-refractivity contribution is 5.91. The van der Waals surface area contributed by atoms with E-state index in [0.717, 1.165) is 24.0 Å². The van der Waals surface area contributed by atoms with Gasteiger partial charge in [-0.3, -0.25) is 4.99 Å². The number of carbonyl (C=O) groups is 2. The smallest absolute Gasteiger partial charge is 0.338 e. The summed E-state index contributed by atoms with van der Waals surface area (Å²) in [4.78, 5) is 29.7. The maximum atomic E-state index is 12.8. The fraction of sp³-hybridized carbons (Fsp3) is 0.483. The van der Waals surface area contributed by atoms with E-state index >= 15 is 0 Å². The Hall–Kier alpha value is -2.79. The number of unbranched alkanes of at least 4 members (excludes halogenated alkanes) is 8. The van der Waals surface area contributed by atoms with E-state index in [9.17, 15) is 9.59 Å². The van der Waals surface area contributed by atoms with Crippen molar-refractivity contribution in [2.24, 2.45) is 10.7 Å². The maximum absolute atomic E-state index is 12.8. The molecule has 0 heterocycles. The van der Waals surface area contributed by atoms with Gasteiger partial charge in [-0.1, -0.05) is 113 Å². The van der Waals surface area contributed by atoms with Gasteiger partial charge in [-0.15, -0.1) is 0 Å². The largest absolute Gasteiger partial charge is 0.390 e. The Labute approximate surface area is 204 Å². The van der Waals surface area contributed by atoms with E-state index in [1.165, 1.54) is 44.9 Å². The van der Waals surface area contributed by atoms with E-state index < -0.39 is 24.0 Å². The zero-order chi connectivity index (χ0) is 24.4. The van der Waals surface area contributed by atoms with Crippen molar-refractivity contribution in [2.75, 3.05) is 0 Å². The van der Waals surface area contributed by atoms with Crippen LogP contribution in [0.4, 0.5) is 0 Å². The second-order valence-electron chi connectivity index (χ2n) is 8.84. The molecular formula is C29H40N2O3. The van der Waals surface area contributed by atoms with Crippen LogP contribution in [0.3, 0.4) is 0 Å². The fourth-order valence-electron chi connectivity index (χ4n) is 3.80. The number of esters is 2. The predicted octanol–water partition coefficient (Wildman–Crippen LogP) is 5.84. The highest BCUT2D eigenvalue weighted by Crippen LogP contribution is 2.11. The number of rotatable bonds is 16. The van der Waals surface area contributed by atoms with Gasteiger partial charge in [0.1, 0.15) is 6.04 Å². The Morgan fingerprint density at radius 1 is 0.794 bits per heavy atom. The lowest BCUT2D eigenvalue weighted by atomic mass is 10.1. The summed E-state index contributed by atoms with van der Waals surface area (Å²) in [6.45, 7) is 2.23. The number of nitrogens with two attached hydrogens (primary N) is 1. The molecule has 0 saturated carbocycles. The molecule has 0 unspecified atom stereocenters. The molecule has 0 amide bonds. The topological polar surface area (TPSA) is 81.8 Å². The highest BCUT2D eigenvalue weighted by atomic mass is 16.6. The zero-order valence-electron chi connectivity index (χ0n) is 20.5. The minimum absolute atomic E-state index is 0.317. The predicted molar refractivity (Wildman–Crippen MR) is 139 cm³/mol. The van der Waals surface area contributed by atoms with Gasteiger partial charge in [-0.25, -0.2) is 9.59 Å². The van der Waals surface area contributed by atoms with Gasteiger partial charge < -0.3 is 10.5 Å². The number of aliphatic imine (C=N–C) groups is 1. The molecule has 2 aromatic rings. The van der Waals surface area contributed by atoms with Gasteiger partial charge in [0, 0.05) is 6.42 Å². The second-order valence-corrected chi connectivity index (χ2v) is 8.84. The molecule has 5 nitrogen and oxygen atoms in total. The van der Waals surface area contributed by atoms with Crippen LogP contribution in [0.15, 0.2) is 65.7 Å². The average Bonchev–Trinajstić information content (AvgIpc) is 2.85. The third kappa shape index (κ3) is 11.4. The molecule has 0 spiro atoms. The van der Waals surface area contributed by atoms with Gasteiger partial charge >= 0.3 is 11.9 Å². The lowest BCUT2D eigenvalue weighted by Crippen LogP contribution is -2.38.